The number of aromatic nitrogens is 1. The molecule has 0 radical (unpaired) electrons. The zero-order valence-corrected chi connectivity index (χ0v) is 9.27. The number of aliphatic hydroxyl groups is 1. The third-order valence-electron chi connectivity index (χ3n) is 2.87. The summed E-state index contributed by atoms with van der Waals surface area (Å²) in [6.07, 6.45) is 1.54. The van der Waals surface area contributed by atoms with E-state index in [-0.39, 0.29) is 6.10 Å². The van der Waals surface area contributed by atoms with Crippen molar-refractivity contribution in [2.24, 2.45) is 7.05 Å². The Hall–Kier alpha value is -1.28. The molecule has 0 aliphatic rings. The number of aliphatic hydroxyl groups excluding tert-OH is 1. The molecule has 0 spiro atoms. The van der Waals surface area contributed by atoms with Crippen LogP contribution in [-0.4, -0.2) is 15.8 Å². The number of hydrogen-bond donors (Lipinski definition) is 1. The van der Waals surface area contributed by atoms with E-state index < -0.39 is 0 Å². The number of benzene rings is 1. The monoisotopic (exact) mass is 203 g/mol. The zero-order chi connectivity index (χ0) is 10.8. The van der Waals surface area contributed by atoms with Gasteiger partial charge in [0.15, 0.2) is 0 Å². The first kappa shape index (κ1) is 10.2. The van der Waals surface area contributed by atoms with Crippen LogP contribution in [0.25, 0.3) is 10.9 Å². The number of hydrogen-bond acceptors (Lipinski definition) is 1. The summed E-state index contributed by atoms with van der Waals surface area (Å²) in [5.41, 5.74) is 2.55. The van der Waals surface area contributed by atoms with Crippen LogP contribution in [0.15, 0.2) is 30.3 Å². The largest absolute Gasteiger partial charge is 0.393 e. The third-order valence-corrected chi connectivity index (χ3v) is 2.87. The fraction of sp³-hybridized carbons (Fsp3) is 0.385. The van der Waals surface area contributed by atoms with Gasteiger partial charge < -0.3 is 9.67 Å². The Balaban J connectivity index is 2.32. The van der Waals surface area contributed by atoms with Gasteiger partial charge in [0, 0.05) is 18.3 Å². The molecule has 1 N–H and O–H groups in total. The molecule has 0 saturated carbocycles. The van der Waals surface area contributed by atoms with E-state index in [0.717, 1.165) is 12.8 Å². The predicted octanol–water partition coefficient (Wildman–Crippen LogP) is 2.49. The highest BCUT2D eigenvalue weighted by atomic mass is 16.3. The first-order valence-corrected chi connectivity index (χ1v) is 5.40. The van der Waals surface area contributed by atoms with E-state index in [0.29, 0.717) is 0 Å². The maximum Gasteiger partial charge on any atom is 0.0515 e. The highest BCUT2D eigenvalue weighted by Gasteiger charge is 2.05. The zero-order valence-electron chi connectivity index (χ0n) is 9.27. The lowest BCUT2D eigenvalue weighted by Crippen LogP contribution is -2.04. The fourth-order valence-electron chi connectivity index (χ4n) is 1.94. The van der Waals surface area contributed by atoms with E-state index in [9.17, 15) is 5.11 Å². The summed E-state index contributed by atoms with van der Waals surface area (Å²) in [6.45, 7) is 1.84. The molecule has 0 unspecified atom stereocenters. The van der Waals surface area contributed by atoms with Crippen LogP contribution < -0.4 is 0 Å². The second kappa shape index (κ2) is 4.07. The number of nitrogens with zero attached hydrogens (tertiary/aromatic N) is 1. The standard InChI is InChI=1S/C13H17NO/c1-10(15)7-8-12-9-11-5-3-4-6-13(11)14(12)2/h3-6,9-10,15H,7-8H2,1-2H3/t10-/m0/s1. The number of rotatable bonds is 3. The summed E-state index contributed by atoms with van der Waals surface area (Å²) < 4.78 is 2.21. The van der Waals surface area contributed by atoms with Crippen LogP contribution in [-0.2, 0) is 13.5 Å². The Morgan fingerprint density at radius 2 is 2.07 bits per heavy atom. The lowest BCUT2D eigenvalue weighted by Gasteiger charge is -2.05. The van der Waals surface area contributed by atoms with Gasteiger partial charge in [-0.2, -0.15) is 0 Å². The molecular formula is C13H17NO. The van der Waals surface area contributed by atoms with Crippen molar-refractivity contribution < 1.29 is 5.11 Å². The molecule has 0 saturated heterocycles. The van der Waals surface area contributed by atoms with Gasteiger partial charge in [-0.1, -0.05) is 18.2 Å². The van der Waals surface area contributed by atoms with Crippen LogP contribution in [0.2, 0.25) is 0 Å². The molecule has 80 valence electrons. The summed E-state index contributed by atoms with van der Waals surface area (Å²) in [6, 6.07) is 10.6. The molecule has 2 nitrogen and oxygen atoms in total. The van der Waals surface area contributed by atoms with Crippen molar-refractivity contribution in [3.05, 3.63) is 36.0 Å². The molecule has 0 bridgehead atoms. The number of para-hydroxylation sites is 1. The van der Waals surface area contributed by atoms with Crippen LogP contribution in [0.3, 0.4) is 0 Å². The first-order valence-electron chi connectivity index (χ1n) is 5.40. The normalized spacial score (nSPS) is 13.3. The fourth-order valence-corrected chi connectivity index (χ4v) is 1.94. The van der Waals surface area contributed by atoms with Crippen LogP contribution >= 0.6 is 0 Å². The molecule has 0 amide bonds. The SMILES string of the molecule is C[C@H](O)CCc1cc2ccccc2n1C. The van der Waals surface area contributed by atoms with Crippen LogP contribution in [0.1, 0.15) is 19.0 Å². The lowest BCUT2D eigenvalue weighted by molar-refractivity contribution is 0.184. The summed E-state index contributed by atoms with van der Waals surface area (Å²) in [5, 5.41) is 10.5. The van der Waals surface area contributed by atoms with Gasteiger partial charge in [-0.3, -0.25) is 0 Å². The maximum atomic E-state index is 9.27. The molecule has 0 fully saturated rings. The summed E-state index contributed by atoms with van der Waals surface area (Å²) >= 11 is 0. The second-order valence-electron chi connectivity index (χ2n) is 4.14. The van der Waals surface area contributed by atoms with Crippen molar-refractivity contribution in [1.82, 2.24) is 4.57 Å². The molecule has 2 rings (SSSR count). The third kappa shape index (κ3) is 2.05. The van der Waals surface area contributed by atoms with Gasteiger partial charge in [0.1, 0.15) is 0 Å². The summed E-state index contributed by atoms with van der Waals surface area (Å²) in [5.74, 6) is 0. The van der Waals surface area contributed by atoms with E-state index in [2.05, 4.69) is 41.9 Å². The van der Waals surface area contributed by atoms with E-state index in [4.69, 9.17) is 0 Å². The number of fused-ring (bicyclic) bond motifs is 1. The average Bonchev–Trinajstić information content (AvgIpc) is 2.54. The maximum absolute atomic E-state index is 9.27. The van der Waals surface area contributed by atoms with Gasteiger partial charge in [-0.15, -0.1) is 0 Å². The van der Waals surface area contributed by atoms with E-state index >= 15 is 0 Å². The second-order valence-corrected chi connectivity index (χ2v) is 4.14. The van der Waals surface area contributed by atoms with Gasteiger partial charge in [0.05, 0.1) is 6.10 Å². The predicted molar refractivity (Wildman–Crippen MR) is 62.9 cm³/mol. The van der Waals surface area contributed by atoms with Crippen LogP contribution in [0.4, 0.5) is 0 Å². The highest BCUT2D eigenvalue weighted by molar-refractivity contribution is 5.81. The van der Waals surface area contributed by atoms with Crippen LogP contribution in [0, 0.1) is 0 Å². The minimum Gasteiger partial charge on any atom is -0.393 e. The molecular weight excluding hydrogens is 186 g/mol. The van der Waals surface area contributed by atoms with Crippen molar-refractivity contribution in [3.63, 3.8) is 0 Å². The number of aryl methyl sites for hydroxylation is 2. The van der Waals surface area contributed by atoms with Crippen LogP contribution in [0.5, 0.6) is 0 Å². The topological polar surface area (TPSA) is 25.2 Å². The molecule has 0 aliphatic heterocycles. The molecule has 0 aliphatic carbocycles. The van der Waals surface area contributed by atoms with E-state index in [1.807, 2.05) is 6.92 Å². The van der Waals surface area contributed by atoms with Crippen molar-refractivity contribution in [2.45, 2.75) is 25.9 Å². The van der Waals surface area contributed by atoms with E-state index in [1.165, 1.54) is 16.6 Å². The Morgan fingerprint density at radius 3 is 2.73 bits per heavy atom. The van der Waals surface area contributed by atoms with Gasteiger partial charge in [-0.05, 0) is 37.3 Å². The smallest absolute Gasteiger partial charge is 0.0515 e. The van der Waals surface area contributed by atoms with Gasteiger partial charge in [0.25, 0.3) is 0 Å². The van der Waals surface area contributed by atoms with Crippen molar-refractivity contribution >= 4 is 10.9 Å². The quantitative estimate of drug-likeness (QED) is 0.814. The Morgan fingerprint density at radius 1 is 1.33 bits per heavy atom. The molecule has 1 aromatic carbocycles. The molecule has 15 heavy (non-hydrogen) atoms. The Bertz CT molecular complexity index is 457. The Kier molecular flexibility index (Phi) is 2.78. The minimum absolute atomic E-state index is 0.219. The van der Waals surface area contributed by atoms with Crippen molar-refractivity contribution in [3.8, 4) is 0 Å². The highest BCUT2D eigenvalue weighted by Crippen LogP contribution is 2.19. The lowest BCUT2D eigenvalue weighted by atomic mass is 10.1. The average molecular weight is 203 g/mol. The molecule has 2 heteroatoms. The molecule has 1 heterocycles. The molecule has 1 aromatic heterocycles. The van der Waals surface area contributed by atoms with Gasteiger partial charge >= 0.3 is 0 Å². The minimum atomic E-state index is -0.219. The first-order chi connectivity index (χ1) is 7.18. The summed E-state index contributed by atoms with van der Waals surface area (Å²) in [7, 11) is 2.08. The molecule has 1 atom stereocenters. The van der Waals surface area contributed by atoms with Gasteiger partial charge in [0.2, 0.25) is 0 Å². The summed E-state index contributed by atoms with van der Waals surface area (Å²) in [4.78, 5) is 0. The van der Waals surface area contributed by atoms with Crippen molar-refractivity contribution in [2.75, 3.05) is 0 Å². The van der Waals surface area contributed by atoms with E-state index in [1.54, 1.807) is 0 Å². The van der Waals surface area contributed by atoms with Gasteiger partial charge in [-0.25, -0.2) is 0 Å². The Labute approximate surface area is 90.2 Å². The van der Waals surface area contributed by atoms with Crippen molar-refractivity contribution in [1.29, 1.82) is 0 Å². The molecule has 2 aromatic rings.